The molecule has 0 bridgehead atoms. The summed E-state index contributed by atoms with van der Waals surface area (Å²) in [7, 11) is -5.99. The predicted molar refractivity (Wildman–Crippen MR) is 96.6 cm³/mol. The monoisotopic (exact) mass is 402 g/mol. The van der Waals surface area contributed by atoms with E-state index in [0.29, 0.717) is 5.56 Å². The molecular formula is C16H19FN2O5S2. The highest BCUT2D eigenvalue weighted by molar-refractivity contribution is 7.92. The Morgan fingerprint density at radius 3 is 2.15 bits per heavy atom. The van der Waals surface area contributed by atoms with Crippen molar-refractivity contribution >= 4 is 25.7 Å². The van der Waals surface area contributed by atoms with Gasteiger partial charge in [-0.05, 0) is 48.9 Å². The molecule has 26 heavy (non-hydrogen) atoms. The average Bonchev–Trinajstić information content (AvgIpc) is 2.53. The first-order valence-corrected chi connectivity index (χ1v) is 10.8. The van der Waals surface area contributed by atoms with Crippen LogP contribution in [0.25, 0.3) is 0 Å². The number of sulfonamides is 2. The van der Waals surface area contributed by atoms with Gasteiger partial charge in [0.15, 0.2) is 11.6 Å². The second-order valence-corrected chi connectivity index (χ2v) is 9.10. The lowest BCUT2D eigenvalue weighted by Crippen LogP contribution is -2.27. The maximum atomic E-state index is 13.8. The molecular weight excluding hydrogens is 383 g/mol. The zero-order valence-corrected chi connectivity index (χ0v) is 16.0. The molecule has 0 fully saturated rings. The van der Waals surface area contributed by atoms with Crippen molar-refractivity contribution in [1.82, 2.24) is 4.72 Å². The first-order chi connectivity index (χ1) is 12.0. The fourth-order valence-electron chi connectivity index (χ4n) is 2.24. The predicted octanol–water partition coefficient (Wildman–Crippen LogP) is 2.25. The zero-order chi connectivity index (χ0) is 19.5. The van der Waals surface area contributed by atoms with Gasteiger partial charge in [-0.15, -0.1) is 0 Å². The van der Waals surface area contributed by atoms with Crippen LogP contribution in [-0.2, 0) is 20.0 Å². The van der Waals surface area contributed by atoms with Crippen molar-refractivity contribution < 1.29 is 26.0 Å². The zero-order valence-electron chi connectivity index (χ0n) is 14.4. The Morgan fingerprint density at radius 1 is 1.04 bits per heavy atom. The van der Waals surface area contributed by atoms with Gasteiger partial charge in [0.05, 0.1) is 18.3 Å². The van der Waals surface area contributed by atoms with Crippen LogP contribution in [0.1, 0.15) is 18.5 Å². The smallest absolute Gasteiger partial charge is 0.241 e. The minimum atomic E-state index is -3.88. The lowest BCUT2D eigenvalue weighted by Gasteiger charge is -2.16. The van der Waals surface area contributed by atoms with Crippen LogP contribution in [0.2, 0.25) is 0 Å². The number of anilines is 1. The van der Waals surface area contributed by atoms with Gasteiger partial charge in [-0.1, -0.05) is 6.07 Å². The number of rotatable bonds is 7. The molecule has 0 aliphatic heterocycles. The number of halogens is 1. The normalized spacial score (nSPS) is 13.2. The van der Waals surface area contributed by atoms with Gasteiger partial charge in [-0.25, -0.2) is 25.9 Å². The number of ether oxygens (including phenoxy) is 1. The first-order valence-electron chi connectivity index (χ1n) is 7.45. The molecule has 142 valence electrons. The molecule has 0 radical (unpaired) electrons. The summed E-state index contributed by atoms with van der Waals surface area (Å²) in [5.74, 6) is -0.523. The number of benzene rings is 2. The van der Waals surface area contributed by atoms with Gasteiger partial charge >= 0.3 is 0 Å². The van der Waals surface area contributed by atoms with Crippen LogP contribution in [0, 0.1) is 5.82 Å². The Kier molecular flexibility index (Phi) is 5.89. The molecule has 0 aliphatic rings. The van der Waals surface area contributed by atoms with Gasteiger partial charge in [0.2, 0.25) is 20.0 Å². The minimum Gasteiger partial charge on any atom is -0.494 e. The number of methoxy groups -OCH3 is 1. The summed E-state index contributed by atoms with van der Waals surface area (Å²) in [5, 5.41) is 0. The number of hydrogen-bond donors (Lipinski definition) is 2. The molecule has 0 saturated heterocycles. The fourth-order valence-corrected chi connectivity index (χ4v) is 4.03. The standard InChI is InChI=1S/C16H19FN2O5S2/c1-11(12-4-9-16(24-2)15(17)10-12)18-26(22,23)14-7-5-13(6-8-14)19-25(3,20)21/h4-11,18-19H,1-3H3/t11-/m0/s1. The Hall–Kier alpha value is -2.17. The highest BCUT2D eigenvalue weighted by Crippen LogP contribution is 2.23. The Labute approximate surface area is 152 Å². The van der Waals surface area contributed by atoms with Crippen molar-refractivity contribution in [2.24, 2.45) is 0 Å². The molecule has 0 unspecified atom stereocenters. The molecule has 0 aliphatic carbocycles. The third-order valence-corrected chi connectivity index (χ3v) is 5.64. The van der Waals surface area contributed by atoms with Crippen molar-refractivity contribution in [1.29, 1.82) is 0 Å². The van der Waals surface area contributed by atoms with E-state index >= 15 is 0 Å². The van der Waals surface area contributed by atoms with Crippen LogP contribution in [0.4, 0.5) is 10.1 Å². The molecule has 0 spiro atoms. The number of nitrogens with one attached hydrogen (secondary N) is 2. The molecule has 2 aromatic rings. The van der Waals surface area contributed by atoms with E-state index in [1.165, 1.54) is 43.5 Å². The van der Waals surface area contributed by atoms with E-state index in [1.54, 1.807) is 13.0 Å². The maximum absolute atomic E-state index is 13.8. The van der Waals surface area contributed by atoms with Crippen LogP contribution < -0.4 is 14.2 Å². The summed E-state index contributed by atoms with van der Waals surface area (Å²) in [6.07, 6.45) is 0.995. The summed E-state index contributed by atoms with van der Waals surface area (Å²) in [4.78, 5) is -0.0441. The third kappa shape index (κ3) is 5.16. The van der Waals surface area contributed by atoms with Gasteiger partial charge in [0.1, 0.15) is 0 Å². The molecule has 0 heterocycles. The lowest BCUT2D eigenvalue weighted by atomic mass is 10.1. The molecule has 7 nitrogen and oxygen atoms in total. The van der Waals surface area contributed by atoms with Gasteiger partial charge in [-0.2, -0.15) is 0 Å². The molecule has 2 rings (SSSR count). The molecule has 2 N–H and O–H groups in total. The van der Waals surface area contributed by atoms with Crippen molar-refractivity contribution in [2.75, 3.05) is 18.1 Å². The van der Waals surface area contributed by atoms with Gasteiger partial charge in [0, 0.05) is 11.7 Å². The summed E-state index contributed by atoms with van der Waals surface area (Å²) in [6, 6.07) is 8.73. The number of hydrogen-bond acceptors (Lipinski definition) is 5. The van der Waals surface area contributed by atoms with Gasteiger partial charge in [0.25, 0.3) is 0 Å². The average molecular weight is 402 g/mol. The van der Waals surface area contributed by atoms with Crippen molar-refractivity contribution in [3.05, 3.63) is 53.8 Å². The van der Waals surface area contributed by atoms with Gasteiger partial charge < -0.3 is 4.74 Å². The van der Waals surface area contributed by atoms with Crippen molar-refractivity contribution in [2.45, 2.75) is 17.9 Å². The Bertz CT molecular complexity index is 990. The summed E-state index contributed by atoms with van der Waals surface area (Å²) >= 11 is 0. The molecule has 2 aromatic carbocycles. The molecule has 0 aromatic heterocycles. The topological polar surface area (TPSA) is 102 Å². The molecule has 1 atom stereocenters. The van der Waals surface area contributed by atoms with E-state index in [-0.39, 0.29) is 16.3 Å². The summed E-state index contributed by atoms with van der Waals surface area (Å²) in [6.45, 7) is 1.58. The van der Waals surface area contributed by atoms with Crippen LogP contribution in [0.5, 0.6) is 5.75 Å². The Balaban J connectivity index is 2.18. The second kappa shape index (κ2) is 7.60. The molecule has 10 heteroatoms. The summed E-state index contributed by atoms with van der Waals surface area (Å²) < 4.78 is 70.6. The van der Waals surface area contributed by atoms with Crippen LogP contribution in [-0.4, -0.2) is 30.2 Å². The van der Waals surface area contributed by atoms with Crippen molar-refractivity contribution in [3.8, 4) is 5.75 Å². The van der Waals surface area contributed by atoms with Crippen LogP contribution in [0.3, 0.4) is 0 Å². The minimum absolute atomic E-state index is 0.0441. The SMILES string of the molecule is COc1ccc([C@H](C)NS(=O)(=O)c2ccc(NS(C)(=O)=O)cc2)cc1F. The molecule has 0 saturated carbocycles. The van der Waals surface area contributed by atoms with Gasteiger partial charge in [-0.3, -0.25) is 4.72 Å². The highest BCUT2D eigenvalue weighted by Gasteiger charge is 2.19. The van der Waals surface area contributed by atoms with Crippen LogP contribution in [0.15, 0.2) is 47.4 Å². The largest absolute Gasteiger partial charge is 0.494 e. The van der Waals surface area contributed by atoms with E-state index in [4.69, 9.17) is 4.74 Å². The fraction of sp³-hybridized carbons (Fsp3) is 0.250. The molecule has 0 amide bonds. The summed E-state index contributed by atoms with van der Waals surface area (Å²) in [5.41, 5.74) is 0.680. The van der Waals surface area contributed by atoms with E-state index < -0.39 is 31.9 Å². The first kappa shape index (κ1) is 20.1. The quantitative estimate of drug-likeness (QED) is 0.740. The lowest BCUT2D eigenvalue weighted by molar-refractivity contribution is 0.386. The highest BCUT2D eigenvalue weighted by atomic mass is 32.2. The Morgan fingerprint density at radius 2 is 1.65 bits per heavy atom. The van der Waals surface area contributed by atoms with Crippen LogP contribution >= 0.6 is 0 Å². The van der Waals surface area contributed by atoms with E-state index in [1.807, 2.05) is 0 Å². The van der Waals surface area contributed by atoms with E-state index in [2.05, 4.69) is 9.44 Å². The van der Waals surface area contributed by atoms with Crippen molar-refractivity contribution in [3.63, 3.8) is 0 Å². The van der Waals surface area contributed by atoms with E-state index in [0.717, 1.165) is 6.26 Å². The third-order valence-electron chi connectivity index (χ3n) is 3.48. The maximum Gasteiger partial charge on any atom is 0.241 e. The van der Waals surface area contributed by atoms with E-state index in [9.17, 15) is 21.2 Å². The second-order valence-electron chi connectivity index (χ2n) is 5.64.